The van der Waals surface area contributed by atoms with Gasteiger partial charge in [0.15, 0.2) is 0 Å². The minimum absolute atomic E-state index is 0.0632. The van der Waals surface area contributed by atoms with Crippen LogP contribution in [-0.2, 0) is 27.1 Å². The summed E-state index contributed by atoms with van der Waals surface area (Å²) in [4.78, 5) is 8.47. The van der Waals surface area contributed by atoms with E-state index in [9.17, 15) is 0 Å². The van der Waals surface area contributed by atoms with E-state index in [-0.39, 0.29) is 33.8 Å². The number of fused-ring (bicyclic) bond motifs is 11. The van der Waals surface area contributed by atoms with E-state index in [0.29, 0.717) is 0 Å². The molecular formula is C61H67BN2S2. The molecule has 66 heavy (non-hydrogen) atoms. The molecule has 2 aliphatic carbocycles. The van der Waals surface area contributed by atoms with Crippen LogP contribution in [0.4, 0.5) is 34.1 Å². The summed E-state index contributed by atoms with van der Waals surface area (Å²) in [6.07, 6.45) is 9.86. The van der Waals surface area contributed by atoms with Gasteiger partial charge in [-0.15, -0.1) is 11.3 Å². The highest BCUT2D eigenvalue weighted by Crippen LogP contribution is 2.71. The van der Waals surface area contributed by atoms with E-state index in [2.05, 4.69) is 220 Å². The van der Waals surface area contributed by atoms with Gasteiger partial charge in [-0.25, -0.2) is 0 Å². The Labute approximate surface area is 401 Å². The molecule has 0 saturated heterocycles. The molecule has 1 aromatic heterocycles. The molecule has 4 heterocycles. The fourth-order valence-corrected chi connectivity index (χ4v) is 17.2. The van der Waals surface area contributed by atoms with Crippen LogP contribution in [0.1, 0.15) is 135 Å². The lowest BCUT2D eigenvalue weighted by molar-refractivity contribution is 0.332. The highest BCUT2D eigenvalue weighted by Gasteiger charge is 2.50. The number of hydrogen-bond donors (Lipinski definition) is 0. The Bertz CT molecular complexity index is 3240. The Morgan fingerprint density at radius 3 is 1.77 bits per heavy atom. The zero-order chi connectivity index (χ0) is 46.4. The molecule has 336 valence electrons. The van der Waals surface area contributed by atoms with E-state index in [4.69, 9.17) is 0 Å². The third-order valence-electron chi connectivity index (χ3n) is 17.2. The molecule has 0 N–H and O–H groups in total. The van der Waals surface area contributed by atoms with Gasteiger partial charge in [-0.1, -0.05) is 125 Å². The maximum Gasteiger partial charge on any atom is 0.264 e. The predicted octanol–water partition coefficient (Wildman–Crippen LogP) is 15.8. The van der Waals surface area contributed by atoms with Crippen molar-refractivity contribution in [2.45, 2.75) is 146 Å². The molecule has 5 heteroatoms. The largest absolute Gasteiger partial charge is 0.311 e. The molecule has 0 amide bonds. The summed E-state index contributed by atoms with van der Waals surface area (Å²) < 4.78 is 2.91. The Kier molecular flexibility index (Phi) is 8.72. The summed E-state index contributed by atoms with van der Waals surface area (Å²) >= 11 is 2.08. The highest BCUT2D eigenvalue weighted by atomic mass is 32.3. The lowest BCUT2D eigenvalue weighted by Gasteiger charge is -2.47. The summed E-state index contributed by atoms with van der Waals surface area (Å²) in [5.74, 6) is 0. The van der Waals surface area contributed by atoms with Gasteiger partial charge >= 0.3 is 0 Å². The van der Waals surface area contributed by atoms with Crippen molar-refractivity contribution in [3.63, 3.8) is 0 Å². The highest BCUT2D eigenvalue weighted by molar-refractivity contribution is 8.33. The molecule has 0 unspecified atom stereocenters. The van der Waals surface area contributed by atoms with E-state index in [1.165, 1.54) is 134 Å². The molecule has 0 radical (unpaired) electrons. The average Bonchev–Trinajstić information content (AvgIpc) is 3.74. The molecular weight excluding hydrogens is 836 g/mol. The molecule has 5 aliphatic rings. The third kappa shape index (κ3) is 5.81. The lowest BCUT2D eigenvalue weighted by Crippen LogP contribution is -2.61. The van der Waals surface area contributed by atoms with E-state index in [1.54, 1.807) is 5.56 Å². The van der Waals surface area contributed by atoms with E-state index < -0.39 is 10.0 Å². The number of hydrogen-bond acceptors (Lipinski definition) is 3. The standard InChI is InChI=1S/C61H67BN2S2/c1-36-30-49-53-50(31-36)64(47-20-17-19-40-39-18-15-16-21-52(39)66(13,14)55(40)47)54-41-32-42-45(61(11,12)29-26-58(42,5)6)35-51(41)65-56(54)62(53)46-33-43-44(60(9,10)28-27-59(43,7)8)34-48(46)63(49)38-24-22-37(23-25-38)57(2,3)4/h15-25,30-35H,26-29H2,1-14H3. The summed E-state index contributed by atoms with van der Waals surface area (Å²) in [5.41, 5.74) is 22.8. The molecule has 0 bridgehead atoms. The fourth-order valence-electron chi connectivity index (χ4n) is 13.1. The molecule has 2 nitrogen and oxygen atoms in total. The predicted molar refractivity (Wildman–Crippen MR) is 291 cm³/mol. The van der Waals surface area contributed by atoms with Crippen molar-refractivity contribution in [2.75, 3.05) is 22.3 Å². The van der Waals surface area contributed by atoms with Gasteiger partial charge in [-0.3, -0.25) is 0 Å². The van der Waals surface area contributed by atoms with Gasteiger partial charge < -0.3 is 9.80 Å². The quantitative estimate of drug-likeness (QED) is 0.160. The summed E-state index contributed by atoms with van der Waals surface area (Å²) in [7, 11) is -1.36. The molecule has 0 fully saturated rings. The van der Waals surface area contributed by atoms with Gasteiger partial charge in [0, 0.05) is 47.4 Å². The zero-order valence-electron chi connectivity index (χ0n) is 41.9. The van der Waals surface area contributed by atoms with E-state index in [0.717, 1.165) is 0 Å². The Morgan fingerprint density at radius 2 is 1.14 bits per heavy atom. The fraction of sp³-hybridized carbons (Fsp3) is 0.377. The Hall–Kier alpha value is -4.71. The second-order valence-electron chi connectivity index (χ2n) is 24.8. The smallest absolute Gasteiger partial charge is 0.264 e. The first-order valence-corrected chi connectivity index (χ1v) is 27.9. The molecule has 12 rings (SSSR count). The first kappa shape index (κ1) is 42.6. The lowest BCUT2D eigenvalue weighted by atomic mass is 9.35. The molecule has 0 spiro atoms. The number of anilines is 6. The molecule has 6 aromatic carbocycles. The summed E-state index contributed by atoms with van der Waals surface area (Å²) in [5, 5.41) is 1.41. The van der Waals surface area contributed by atoms with Crippen LogP contribution in [0, 0.1) is 6.92 Å². The van der Waals surface area contributed by atoms with Crippen LogP contribution < -0.4 is 25.5 Å². The normalized spacial score (nSPS) is 20.1. The van der Waals surface area contributed by atoms with Crippen LogP contribution in [0.5, 0.6) is 0 Å². The maximum absolute atomic E-state index is 2.79. The van der Waals surface area contributed by atoms with E-state index in [1.807, 2.05) is 0 Å². The minimum atomic E-state index is -1.36. The van der Waals surface area contributed by atoms with Crippen molar-refractivity contribution >= 4 is 88.0 Å². The monoisotopic (exact) mass is 902 g/mol. The van der Waals surface area contributed by atoms with Gasteiger partial charge in [0.25, 0.3) is 6.71 Å². The van der Waals surface area contributed by atoms with Crippen LogP contribution in [0.25, 0.3) is 21.2 Å². The number of nitrogens with zero attached hydrogens (tertiary/aromatic N) is 2. The minimum Gasteiger partial charge on any atom is -0.311 e. The van der Waals surface area contributed by atoms with E-state index >= 15 is 0 Å². The molecule has 7 aromatic rings. The van der Waals surface area contributed by atoms with Crippen molar-refractivity contribution in [3.05, 3.63) is 137 Å². The van der Waals surface area contributed by atoms with Crippen molar-refractivity contribution in [2.24, 2.45) is 0 Å². The molecule has 3 aliphatic heterocycles. The van der Waals surface area contributed by atoms with Gasteiger partial charge in [-0.05, 0) is 182 Å². The van der Waals surface area contributed by atoms with Crippen LogP contribution in [0.2, 0.25) is 0 Å². The van der Waals surface area contributed by atoms with Crippen molar-refractivity contribution in [3.8, 4) is 11.1 Å². The maximum atomic E-state index is 2.79. The van der Waals surface area contributed by atoms with Crippen LogP contribution >= 0.6 is 21.4 Å². The van der Waals surface area contributed by atoms with Gasteiger partial charge in [0.05, 0.1) is 11.4 Å². The van der Waals surface area contributed by atoms with Crippen molar-refractivity contribution in [1.29, 1.82) is 0 Å². The van der Waals surface area contributed by atoms with Crippen LogP contribution in [0.15, 0.2) is 113 Å². The Morgan fingerprint density at radius 1 is 0.576 bits per heavy atom. The number of rotatable bonds is 2. The third-order valence-corrected chi connectivity index (χ3v) is 21.3. The number of benzene rings is 6. The topological polar surface area (TPSA) is 6.48 Å². The van der Waals surface area contributed by atoms with Crippen LogP contribution in [-0.4, -0.2) is 19.2 Å². The summed E-state index contributed by atoms with van der Waals surface area (Å²) in [6, 6.07) is 41.8. The zero-order valence-corrected chi connectivity index (χ0v) is 43.6. The molecule has 0 saturated carbocycles. The summed E-state index contributed by atoms with van der Waals surface area (Å²) in [6.45, 7) is 29.3. The second-order valence-corrected chi connectivity index (χ2v) is 29.4. The van der Waals surface area contributed by atoms with Gasteiger partial charge in [-0.2, -0.15) is 10.0 Å². The van der Waals surface area contributed by atoms with Crippen LogP contribution in [0.3, 0.4) is 0 Å². The van der Waals surface area contributed by atoms with Crippen molar-refractivity contribution < 1.29 is 0 Å². The van der Waals surface area contributed by atoms with Gasteiger partial charge in [0.2, 0.25) is 0 Å². The first-order chi connectivity index (χ1) is 31.0. The Balaban J connectivity index is 1.23. The number of thiophene rings is 1. The van der Waals surface area contributed by atoms with Gasteiger partial charge in [0.1, 0.15) is 0 Å². The number of aryl methyl sites for hydroxylation is 1. The first-order valence-electron chi connectivity index (χ1n) is 24.6. The van der Waals surface area contributed by atoms with Crippen molar-refractivity contribution in [1.82, 2.24) is 0 Å². The molecule has 0 atom stereocenters. The second kappa shape index (κ2) is 13.5. The SMILES string of the molecule is Cc1cc2c3c(c1)N(c1cccc4c1S(C)(C)c1ccccc1-4)c1c(sc4cc5c(cc14)C(C)(C)CCC5(C)C)B3c1cc3c(cc1N2c1ccc(C(C)(C)C)cc1)C(C)(C)CCC3(C)C. The average molecular weight is 903 g/mol.